The number of carbonyl (C=O) groups is 1. The van der Waals surface area contributed by atoms with Crippen molar-refractivity contribution in [1.29, 1.82) is 0 Å². The number of nitrogens with zero attached hydrogens (tertiary/aromatic N) is 4. The number of benzene rings is 1. The summed E-state index contributed by atoms with van der Waals surface area (Å²) in [5, 5.41) is 3.16. The van der Waals surface area contributed by atoms with Crippen molar-refractivity contribution in [3.8, 4) is 0 Å². The normalized spacial score (nSPS) is 17.2. The highest BCUT2D eigenvalue weighted by molar-refractivity contribution is 7.10. The van der Waals surface area contributed by atoms with E-state index in [4.69, 9.17) is 0 Å². The van der Waals surface area contributed by atoms with Crippen LogP contribution in [0.1, 0.15) is 33.6 Å². The Hall–Kier alpha value is -2.47. The number of amides is 1. The van der Waals surface area contributed by atoms with Gasteiger partial charge < -0.3 is 9.80 Å². The van der Waals surface area contributed by atoms with Crippen molar-refractivity contribution in [2.24, 2.45) is 0 Å². The van der Waals surface area contributed by atoms with Crippen LogP contribution in [-0.4, -0.2) is 47.0 Å². The van der Waals surface area contributed by atoms with Gasteiger partial charge in [-0.3, -0.25) is 4.79 Å². The molecule has 0 N–H and O–H groups in total. The molecular weight excluding hydrogens is 356 g/mol. The second kappa shape index (κ2) is 6.93. The molecule has 5 nitrogen and oxygen atoms in total. The summed E-state index contributed by atoms with van der Waals surface area (Å²) in [6.45, 7) is 3.09. The predicted octanol–water partition coefficient (Wildman–Crippen LogP) is 3.53. The van der Waals surface area contributed by atoms with Gasteiger partial charge in [0, 0.05) is 41.8 Å². The number of carbonyl (C=O) groups excluding carboxylic acids is 1. The summed E-state index contributed by atoms with van der Waals surface area (Å²) >= 11 is 1.77. The van der Waals surface area contributed by atoms with E-state index < -0.39 is 0 Å². The quantitative estimate of drug-likeness (QED) is 0.684. The molecule has 0 bridgehead atoms. The minimum absolute atomic E-state index is 0.210. The molecule has 1 amide bonds. The van der Waals surface area contributed by atoms with E-state index in [0.29, 0.717) is 0 Å². The Kier molecular flexibility index (Phi) is 4.28. The van der Waals surface area contributed by atoms with Crippen molar-refractivity contribution >= 4 is 34.0 Å². The molecule has 0 saturated carbocycles. The first-order valence-electron chi connectivity index (χ1n) is 9.64. The molecule has 0 radical (unpaired) electrons. The molecule has 2 aromatic heterocycles. The number of aryl methyl sites for hydroxylation is 1. The maximum Gasteiger partial charge on any atom is 0.255 e. The van der Waals surface area contributed by atoms with Gasteiger partial charge in [-0.1, -0.05) is 12.1 Å². The van der Waals surface area contributed by atoms with Crippen LogP contribution in [-0.2, 0) is 12.8 Å². The van der Waals surface area contributed by atoms with E-state index in [2.05, 4.69) is 26.3 Å². The monoisotopic (exact) mass is 378 g/mol. The molecule has 0 unspecified atom stereocenters. The second-order valence-electron chi connectivity index (χ2n) is 7.25. The van der Waals surface area contributed by atoms with E-state index in [0.717, 1.165) is 61.3 Å². The molecule has 1 saturated heterocycles. The third kappa shape index (κ3) is 2.98. The topological polar surface area (TPSA) is 49.3 Å². The summed E-state index contributed by atoms with van der Waals surface area (Å²) in [6, 6.07) is 8.10. The number of para-hydroxylation sites is 1. The standard InChI is InChI=1S/C21H22N4OS/c26-21(17-13-27-19-8-4-2-5-15(17)19)25-11-9-24(10-12-25)20-16-6-1-3-7-18(16)22-14-23-20/h1,3,6-7,13-14H,2,4-5,8-12H2. The van der Waals surface area contributed by atoms with Gasteiger partial charge in [0.25, 0.3) is 5.91 Å². The molecule has 3 aromatic rings. The van der Waals surface area contributed by atoms with Gasteiger partial charge >= 0.3 is 0 Å². The SMILES string of the molecule is O=C(c1csc2c1CCCC2)N1CCN(c2ncnc3ccccc23)CC1. The molecule has 1 aliphatic carbocycles. The van der Waals surface area contributed by atoms with E-state index in [1.807, 2.05) is 23.1 Å². The summed E-state index contributed by atoms with van der Waals surface area (Å²) < 4.78 is 0. The molecule has 0 atom stereocenters. The van der Waals surface area contributed by atoms with Crippen LogP contribution < -0.4 is 4.90 Å². The van der Waals surface area contributed by atoms with E-state index in [1.54, 1.807) is 17.7 Å². The van der Waals surface area contributed by atoms with Crippen LogP contribution in [0, 0.1) is 0 Å². The molecule has 0 spiro atoms. The van der Waals surface area contributed by atoms with Crippen molar-refractivity contribution in [3.05, 3.63) is 52.0 Å². The minimum atomic E-state index is 0.210. The van der Waals surface area contributed by atoms with Crippen LogP contribution in [0.5, 0.6) is 0 Å². The van der Waals surface area contributed by atoms with Gasteiger partial charge in [-0.15, -0.1) is 11.3 Å². The third-order valence-corrected chi connectivity index (χ3v) is 6.77. The van der Waals surface area contributed by atoms with E-state index >= 15 is 0 Å². The molecule has 138 valence electrons. The summed E-state index contributed by atoms with van der Waals surface area (Å²) in [7, 11) is 0. The zero-order valence-corrected chi connectivity index (χ0v) is 16.0. The summed E-state index contributed by atoms with van der Waals surface area (Å²) in [6.07, 6.45) is 6.30. The lowest BCUT2D eigenvalue weighted by Gasteiger charge is -2.36. The summed E-state index contributed by atoms with van der Waals surface area (Å²) in [4.78, 5) is 27.7. The zero-order valence-electron chi connectivity index (χ0n) is 15.2. The van der Waals surface area contributed by atoms with Crippen molar-refractivity contribution in [2.75, 3.05) is 31.1 Å². The fraction of sp³-hybridized carbons (Fsp3) is 0.381. The van der Waals surface area contributed by atoms with Crippen LogP contribution in [0.2, 0.25) is 0 Å². The largest absolute Gasteiger partial charge is 0.352 e. The number of anilines is 1. The van der Waals surface area contributed by atoms with Crippen molar-refractivity contribution in [3.63, 3.8) is 0 Å². The van der Waals surface area contributed by atoms with Gasteiger partial charge in [-0.2, -0.15) is 0 Å². The molecule has 3 heterocycles. The van der Waals surface area contributed by atoms with Gasteiger partial charge in [0.1, 0.15) is 12.1 Å². The first-order valence-corrected chi connectivity index (χ1v) is 10.5. The molecule has 1 fully saturated rings. The van der Waals surface area contributed by atoms with Gasteiger partial charge in [0.05, 0.1) is 11.1 Å². The molecule has 2 aliphatic rings. The maximum absolute atomic E-state index is 13.1. The molecule has 6 heteroatoms. The highest BCUT2D eigenvalue weighted by atomic mass is 32.1. The Morgan fingerprint density at radius 2 is 1.81 bits per heavy atom. The predicted molar refractivity (Wildman–Crippen MR) is 109 cm³/mol. The number of aromatic nitrogens is 2. The Labute approximate surface area is 162 Å². The van der Waals surface area contributed by atoms with Crippen LogP contribution in [0.4, 0.5) is 5.82 Å². The molecule has 1 aromatic carbocycles. The van der Waals surface area contributed by atoms with Crippen molar-refractivity contribution in [1.82, 2.24) is 14.9 Å². The molecule has 27 heavy (non-hydrogen) atoms. The summed E-state index contributed by atoms with van der Waals surface area (Å²) in [5.41, 5.74) is 3.24. The number of hydrogen-bond donors (Lipinski definition) is 0. The molecular formula is C21H22N4OS. The smallest absolute Gasteiger partial charge is 0.255 e. The molecule has 1 aliphatic heterocycles. The van der Waals surface area contributed by atoms with Crippen LogP contribution in [0.25, 0.3) is 10.9 Å². The van der Waals surface area contributed by atoms with Gasteiger partial charge in [0.15, 0.2) is 0 Å². The Balaban J connectivity index is 1.33. The first kappa shape index (κ1) is 16.7. The average molecular weight is 379 g/mol. The fourth-order valence-electron chi connectivity index (χ4n) is 4.21. The second-order valence-corrected chi connectivity index (χ2v) is 8.22. The average Bonchev–Trinajstić information content (AvgIpc) is 3.17. The first-order chi connectivity index (χ1) is 13.3. The van der Waals surface area contributed by atoms with Crippen molar-refractivity contribution in [2.45, 2.75) is 25.7 Å². The van der Waals surface area contributed by atoms with Gasteiger partial charge in [0.2, 0.25) is 0 Å². The summed E-state index contributed by atoms with van der Waals surface area (Å²) in [5.74, 6) is 1.18. The van der Waals surface area contributed by atoms with Crippen LogP contribution >= 0.6 is 11.3 Å². The molecule has 5 rings (SSSR count). The van der Waals surface area contributed by atoms with E-state index in [-0.39, 0.29) is 5.91 Å². The lowest BCUT2D eigenvalue weighted by Crippen LogP contribution is -2.49. The van der Waals surface area contributed by atoms with Crippen molar-refractivity contribution < 1.29 is 4.79 Å². The van der Waals surface area contributed by atoms with E-state index in [1.165, 1.54) is 23.3 Å². The number of rotatable bonds is 2. The number of piperazine rings is 1. The maximum atomic E-state index is 13.1. The highest BCUT2D eigenvalue weighted by Crippen LogP contribution is 2.31. The van der Waals surface area contributed by atoms with Gasteiger partial charge in [-0.25, -0.2) is 9.97 Å². The lowest BCUT2D eigenvalue weighted by atomic mass is 9.95. The Bertz CT molecular complexity index is 986. The number of hydrogen-bond acceptors (Lipinski definition) is 5. The highest BCUT2D eigenvalue weighted by Gasteiger charge is 2.27. The van der Waals surface area contributed by atoms with Gasteiger partial charge in [-0.05, 0) is 43.4 Å². The van der Waals surface area contributed by atoms with Crippen LogP contribution in [0.15, 0.2) is 36.0 Å². The fourth-order valence-corrected chi connectivity index (χ4v) is 5.33. The Morgan fingerprint density at radius 1 is 1.00 bits per heavy atom. The Morgan fingerprint density at radius 3 is 2.70 bits per heavy atom. The number of thiophene rings is 1. The zero-order chi connectivity index (χ0) is 18.2. The van der Waals surface area contributed by atoms with Crippen LogP contribution in [0.3, 0.4) is 0 Å². The lowest BCUT2D eigenvalue weighted by molar-refractivity contribution is 0.0746. The number of fused-ring (bicyclic) bond motifs is 2. The minimum Gasteiger partial charge on any atom is -0.352 e. The third-order valence-electron chi connectivity index (χ3n) is 5.68. The van der Waals surface area contributed by atoms with E-state index in [9.17, 15) is 4.79 Å².